The largest absolute Gasteiger partial charge is 0.412 e. The SMILES string of the molecule is CCN(C(=O)c1nnc(-c2ccccc2Cl)o1)c1ccccc1. The van der Waals surface area contributed by atoms with Crippen molar-refractivity contribution in [2.75, 3.05) is 11.4 Å². The van der Waals surface area contributed by atoms with E-state index < -0.39 is 0 Å². The van der Waals surface area contributed by atoms with Gasteiger partial charge >= 0.3 is 11.8 Å². The zero-order valence-electron chi connectivity index (χ0n) is 12.4. The first-order valence-electron chi connectivity index (χ1n) is 7.16. The fraction of sp³-hybridized carbons (Fsp3) is 0.118. The van der Waals surface area contributed by atoms with Gasteiger partial charge in [-0.2, -0.15) is 0 Å². The zero-order valence-corrected chi connectivity index (χ0v) is 13.2. The number of hydrogen-bond donors (Lipinski definition) is 0. The van der Waals surface area contributed by atoms with Gasteiger partial charge in [-0.05, 0) is 31.2 Å². The topological polar surface area (TPSA) is 59.2 Å². The minimum absolute atomic E-state index is 0.0642. The second-order valence-electron chi connectivity index (χ2n) is 4.78. The Bertz CT molecular complexity index is 817. The number of aromatic nitrogens is 2. The highest BCUT2D eigenvalue weighted by molar-refractivity contribution is 6.33. The first kappa shape index (κ1) is 15.2. The van der Waals surface area contributed by atoms with Gasteiger partial charge in [-0.25, -0.2) is 0 Å². The van der Waals surface area contributed by atoms with Crippen molar-refractivity contribution in [3.8, 4) is 11.5 Å². The number of anilines is 1. The third kappa shape index (κ3) is 3.10. The van der Waals surface area contributed by atoms with Gasteiger partial charge in [-0.15, -0.1) is 10.2 Å². The van der Waals surface area contributed by atoms with Crippen molar-refractivity contribution >= 4 is 23.2 Å². The van der Waals surface area contributed by atoms with Crippen molar-refractivity contribution in [2.45, 2.75) is 6.92 Å². The molecule has 0 spiro atoms. The highest BCUT2D eigenvalue weighted by Gasteiger charge is 2.23. The van der Waals surface area contributed by atoms with Gasteiger partial charge in [0.15, 0.2) is 0 Å². The molecule has 0 saturated carbocycles. The van der Waals surface area contributed by atoms with E-state index in [1.807, 2.05) is 49.4 Å². The van der Waals surface area contributed by atoms with Gasteiger partial charge in [0.2, 0.25) is 5.89 Å². The predicted molar refractivity (Wildman–Crippen MR) is 88.5 cm³/mol. The van der Waals surface area contributed by atoms with E-state index in [0.717, 1.165) is 5.69 Å². The Labute approximate surface area is 138 Å². The van der Waals surface area contributed by atoms with Gasteiger partial charge in [-0.3, -0.25) is 4.79 Å². The van der Waals surface area contributed by atoms with E-state index in [2.05, 4.69) is 10.2 Å². The summed E-state index contributed by atoms with van der Waals surface area (Å²) in [7, 11) is 0. The molecule has 0 N–H and O–H groups in total. The zero-order chi connectivity index (χ0) is 16.2. The maximum atomic E-state index is 12.6. The average Bonchev–Trinajstić information content (AvgIpc) is 3.06. The minimum atomic E-state index is -0.343. The molecule has 0 aliphatic carbocycles. The highest BCUT2D eigenvalue weighted by atomic mass is 35.5. The molecule has 1 heterocycles. The van der Waals surface area contributed by atoms with E-state index in [1.54, 1.807) is 17.0 Å². The summed E-state index contributed by atoms with van der Waals surface area (Å²) in [6.45, 7) is 2.38. The number of para-hydroxylation sites is 1. The molecular formula is C17H14ClN3O2. The van der Waals surface area contributed by atoms with Crippen LogP contribution in [0.2, 0.25) is 5.02 Å². The van der Waals surface area contributed by atoms with Crippen LogP contribution >= 0.6 is 11.6 Å². The summed E-state index contributed by atoms with van der Waals surface area (Å²) in [6, 6.07) is 16.5. The first-order valence-corrected chi connectivity index (χ1v) is 7.54. The Kier molecular flexibility index (Phi) is 4.39. The molecular weight excluding hydrogens is 314 g/mol. The maximum Gasteiger partial charge on any atom is 0.315 e. The predicted octanol–water partition coefficient (Wildman–Crippen LogP) is 4.06. The monoisotopic (exact) mass is 327 g/mol. The summed E-state index contributed by atoms with van der Waals surface area (Å²) in [6.07, 6.45) is 0. The van der Waals surface area contributed by atoms with Crippen LogP contribution in [0.1, 0.15) is 17.6 Å². The van der Waals surface area contributed by atoms with Crippen molar-refractivity contribution in [2.24, 2.45) is 0 Å². The van der Waals surface area contributed by atoms with Gasteiger partial charge in [0.25, 0.3) is 0 Å². The van der Waals surface area contributed by atoms with Crippen molar-refractivity contribution in [3.05, 3.63) is 65.5 Å². The molecule has 6 heteroatoms. The van der Waals surface area contributed by atoms with Gasteiger partial charge in [-0.1, -0.05) is 41.9 Å². The fourth-order valence-corrected chi connectivity index (χ4v) is 2.44. The molecule has 0 unspecified atom stereocenters. The molecule has 1 aromatic heterocycles. The van der Waals surface area contributed by atoms with Crippen LogP contribution in [0.25, 0.3) is 11.5 Å². The molecule has 116 valence electrons. The summed E-state index contributed by atoms with van der Waals surface area (Å²) < 4.78 is 5.52. The minimum Gasteiger partial charge on any atom is -0.412 e. The number of carbonyl (C=O) groups excluding carboxylic acids is 1. The molecule has 0 atom stereocenters. The lowest BCUT2D eigenvalue weighted by atomic mass is 10.2. The van der Waals surface area contributed by atoms with Crippen LogP contribution in [0.5, 0.6) is 0 Å². The maximum absolute atomic E-state index is 12.6. The Morgan fingerprint density at radius 1 is 1.09 bits per heavy atom. The summed E-state index contributed by atoms with van der Waals surface area (Å²) in [4.78, 5) is 14.2. The molecule has 1 amide bonds. The lowest BCUT2D eigenvalue weighted by molar-refractivity contribution is 0.0955. The lowest BCUT2D eigenvalue weighted by Gasteiger charge is -2.18. The average molecular weight is 328 g/mol. The van der Waals surface area contributed by atoms with Crippen molar-refractivity contribution in [1.82, 2.24) is 10.2 Å². The lowest BCUT2D eigenvalue weighted by Crippen LogP contribution is -2.30. The Morgan fingerprint density at radius 3 is 2.48 bits per heavy atom. The van der Waals surface area contributed by atoms with E-state index >= 15 is 0 Å². The third-order valence-electron chi connectivity index (χ3n) is 3.34. The number of carbonyl (C=O) groups is 1. The number of nitrogens with zero attached hydrogens (tertiary/aromatic N) is 3. The van der Waals surface area contributed by atoms with Crippen LogP contribution in [0.3, 0.4) is 0 Å². The van der Waals surface area contributed by atoms with Crippen LogP contribution in [0.4, 0.5) is 5.69 Å². The molecule has 5 nitrogen and oxygen atoms in total. The number of halogens is 1. The second kappa shape index (κ2) is 6.62. The number of benzene rings is 2. The van der Waals surface area contributed by atoms with E-state index in [1.165, 1.54) is 0 Å². The summed E-state index contributed by atoms with van der Waals surface area (Å²) in [5.41, 5.74) is 1.38. The van der Waals surface area contributed by atoms with E-state index in [-0.39, 0.29) is 17.7 Å². The second-order valence-corrected chi connectivity index (χ2v) is 5.18. The number of hydrogen-bond acceptors (Lipinski definition) is 4. The molecule has 0 aliphatic rings. The highest BCUT2D eigenvalue weighted by Crippen LogP contribution is 2.26. The summed E-state index contributed by atoms with van der Waals surface area (Å²) in [5.74, 6) is -0.182. The van der Waals surface area contributed by atoms with Gasteiger partial charge in [0, 0.05) is 12.2 Å². The Hall–Kier alpha value is -2.66. The molecule has 3 aromatic rings. The molecule has 0 saturated heterocycles. The van der Waals surface area contributed by atoms with Crippen molar-refractivity contribution in [1.29, 1.82) is 0 Å². The summed E-state index contributed by atoms with van der Waals surface area (Å²) >= 11 is 6.11. The van der Waals surface area contributed by atoms with E-state index in [9.17, 15) is 4.79 Å². The number of rotatable bonds is 4. The smallest absolute Gasteiger partial charge is 0.315 e. The third-order valence-corrected chi connectivity index (χ3v) is 3.67. The quantitative estimate of drug-likeness (QED) is 0.725. The van der Waals surface area contributed by atoms with Crippen LogP contribution in [-0.4, -0.2) is 22.6 Å². The van der Waals surface area contributed by atoms with Crippen LogP contribution in [0, 0.1) is 0 Å². The van der Waals surface area contributed by atoms with Gasteiger partial charge < -0.3 is 9.32 Å². The van der Waals surface area contributed by atoms with Crippen LogP contribution in [0.15, 0.2) is 59.0 Å². The molecule has 0 bridgehead atoms. The molecule has 0 aliphatic heterocycles. The standard InChI is InChI=1S/C17H14ClN3O2/c1-2-21(12-8-4-3-5-9-12)17(22)16-20-19-15(23-16)13-10-6-7-11-14(13)18/h3-11H,2H2,1H3. The molecule has 23 heavy (non-hydrogen) atoms. The van der Waals surface area contributed by atoms with Crippen molar-refractivity contribution < 1.29 is 9.21 Å². The Morgan fingerprint density at radius 2 is 1.78 bits per heavy atom. The van der Waals surface area contributed by atoms with Crippen molar-refractivity contribution in [3.63, 3.8) is 0 Å². The van der Waals surface area contributed by atoms with E-state index in [4.69, 9.17) is 16.0 Å². The fourth-order valence-electron chi connectivity index (χ4n) is 2.22. The van der Waals surface area contributed by atoms with Crippen LogP contribution < -0.4 is 4.90 Å². The molecule has 0 radical (unpaired) electrons. The molecule has 2 aromatic carbocycles. The van der Waals surface area contributed by atoms with Crippen LogP contribution in [-0.2, 0) is 0 Å². The first-order chi connectivity index (χ1) is 11.2. The van der Waals surface area contributed by atoms with E-state index in [0.29, 0.717) is 17.1 Å². The Balaban J connectivity index is 1.91. The number of amides is 1. The normalized spacial score (nSPS) is 10.5. The molecule has 3 rings (SSSR count). The summed E-state index contributed by atoms with van der Waals surface area (Å²) in [5, 5.41) is 8.28. The molecule has 0 fully saturated rings. The van der Waals surface area contributed by atoms with Gasteiger partial charge in [0.05, 0.1) is 10.6 Å². The van der Waals surface area contributed by atoms with Gasteiger partial charge in [0.1, 0.15) is 0 Å².